The molecule has 12 nitrogen and oxygen atoms in total. The van der Waals surface area contributed by atoms with E-state index in [0.717, 1.165) is 61.0 Å². The van der Waals surface area contributed by atoms with E-state index in [1.807, 2.05) is 6.07 Å². The Morgan fingerprint density at radius 2 is 0.974 bits per heavy atom. The maximum atomic E-state index is 13.5. The van der Waals surface area contributed by atoms with Crippen molar-refractivity contribution in [2.45, 2.75) is 163 Å². The van der Waals surface area contributed by atoms with Gasteiger partial charge in [-0.3, -0.25) is 14.5 Å². The van der Waals surface area contributed by atoms with Crippen LogP contribution in [0.5, 0.6) is 0 Å². The van der Waals surface area contributed by atoms with Gasteiger partial charge in [0.05, 0.1) is 13.1 Å². The summed E-state index contributed by atoms with van der Waals surface area (Å²) in [5, 5.41) is 6.87. The van der Waals surface area contributed by atoms with Crippen LogP contribution in [0.15, 0.2) is 112 Å². The predicted molar refractivity (Wildman–Crippen MR) is 321 cm³/mol. The predicted octanol–water partition coefficient (Wildman–Crippen LogP) is 13.5. The minimum absolute atomic E-state index is 0.209. The van der Waals surface area contributed by atoms with Crippen molar-refractivity contribution in [1.29, 1.82) is 0 Å². The van der Waals surface area contributed by atoms with E-state index in [9.17, 15) is 26.4 Å². The Kier molecular flexibility index (Phi) is 25.0. The van der Waals surface area contributed by atoms with E-state index >= 15 is 0 Å². The summed E-state index contributed by atoms with van der Waals surface area (Å²) in [6, 6.07) is 31.7. The summed E-state index contributed by atoms with van der Waals surface area (Å²) in [5.41, 5.74) is 2.34. The molecule has 1 aliphatic carbocycles. The van der Waals surface area contributed by atoms with Gasteiger partial charge >= 0.3 is 0 Å². The first-order chi connectivity index (χ1) is 37.7. The van der Waals surface area contributed by atoms with Gasteiger partial charge in [-0.15, -0.1) is 22.7 Å². The highest BCUT2D eigenvalue weighted by Crippen LogP contribution is 2.32. The number of piperidine rings is 2. The lowest BCUT2D eigenvalue weighted by Crippen LogP contribution is -2.48. The Morgan fingerprint density at radius 1 is 0.538 bits per heavy atom. The molecule has 5 aromatic rings. The molecular weight excluding hydrogens is 1100 g/mol. The molecule has 1 saturated carbocycles. The van der Waals surface area contributed by atoms with Crippen molar-refractivity contribution in [2.24, 2.45) is 5.92 Å². The molecule has 8 rings (SSSR count). The number of thiophene rings is 2. The summed E-state index contributed by atoms with van der Waals surface area (Å²) in [6.45, 7) is 11.5. The number of unbranched alkanes of at least 4 members (excludes halogenated alkanes) is 6. The number of carbonyl (C=O) groups excluding carboxylic acids is 2. The second-order valence-electron chi connectivity index (χ2n) is 21.2. The molecule has 0 atom stereocenters. The van der Waals surface area contributed by atoms with Crippen LogP contribution in [-0.2, 0) is 39.7 Å². The molecule has 18 heteroatoms. The van der Waals surface area contributed by atoms with Crippen molar-refractivity contribution in [2.75, 3.05) is 45.8 Å². The Hall–Kier alpha value is -3.68. The highest BCUT2D eigenvalue weighted by molar-refractivity contribution is 7.91. The number of hydrogen-bond acceptors (Lipinski definition) is 10. The van der Waals surface area contributed by atoms with Crippen LogP contribution >= 0.6 is 45.9 Å². The number of nitrogens with zero attached hydrogens (tertiary/aromatic N) is 4. The summed E-state index contributed by atoms with van der Waals surface area (Å²) < 4.78 is 57.7. The zero-order valence-corrected chi connectivity index (χ0v) is 50.5. The fraction of sp³-hybridized carbons (Fsp3) is 0.533. The first kappa shape index (κ1) is 61.9. The number of nitrogens with one attached hydrogen (secondary N) is 2. The third-order valence-electron chi connectivity index (χ3n) is 15.4. The van der Waals surface area contributed by atoms with Crippen molar-refractivity contribution >= 4 is 77.7 Å². The summed E-state index contributed by atoms with van der Waals surface area (Å²) in [7, 11) is -7.09. The van der Waals surface area contributed by atoms with Crippen molar-refractivity contribution in [3.05, 3.63) is 140 Å². The quantitative estimate of drug-likeness (QED) is 0.0522. The average molecular weight is 1180 g/mol. The van der Waals surface area contributed by atoms with E-state index in [-0.39, 0.29) is 24.9 Å². The Morgan fingerprint density at radius 3 is 1.42 bits per heavy atom. The van der Waals surface area contributed by atoms with Gasteiger partial charge in [0.15, 0.2) is 0 Å². The number of hydrogen-bond donors (Lipinski definition) is 2. The van der Waals surface area contributed by atoms with E-state index in [1.54, 1.807) is 81.4 Å². The molecule has 0 unspecified atom stereocenters. The molecule has 78 heavy (non-hydrogen) atoms. The Labute approximate surface area is 484 Å². The lowest BCUT2D eigenvalue weighted by atomic mass is 9.88. The molecule has 0 bridgehead atoms. The van der Waals surface area contributed by atoms with Crippen LogP contribution in [0.2, 0.25) is 10.0 Å². The molecule has 4 heterocycles. The second-order valence-corrected chi connectivity index (χ2v) is 28.7. The van der Waals surface area contributed by atoms with Crippen LogP contribution in [0, 0.1) is 5.92 Å². The lowest BCUT2D eigenvalue weighted by Gasteiger charge is -2.40. The van der Waals surface area contributed by atoms with Gasteiger partial charge in [0.25, 0.3) is 31.9 Å². The van der Waals surface area contributed by atoms with Crippen LogP contribution < -0.4 is 10.6 Å². The maximum Gasteiger partial charge on any atom is 0.252 e. The van der Waals surface area contributed by atoms with Gasteiger partial charge in [-0.05, 0) is 149 Å². The first-order valence-corrected chi connectivity index (χ1v) is 33.8. The SMILES string of the molecule is CCCCCCN(CC1CCCCC1)C1CCN(S(=O)(=O)c2ccc(CNC(=O)c3ccc(Cl)cc3)s2)CC1.CCCCCCN(Cc1ccccc1)C1CCN(S(=O)(=O)c2ccc(CNC(=O)c3ccc(Cl)cc3)s2)CC1. The topological polar surface area (TPSA) is 139 Å². The molecule has 2 aromatic heterocycles. The van der Waals surface area contributed by atoms with E-state index in [4.69, 9.17) is 23.2 Å². The molecular formula is C60H82Cl2N6O6S4. The van der Waals surface area contributed by atoms with Crippen LogP contribution in [0.25, 0.3) is 0 Å². The molecule has 2 N–H and O–H groups in total. The van der Waals surface area contributed by atoms with Crippen LogP contribution in [0.1, 0.15) is 159 Å². The van der Waals surface area contributed by atoms with E-state index in [0.29, 0.717) is 67.9 Å². The lowest BCUT2D eigenvalue weighted by molar-refractivity contribution is 0.0943. The zero-order valence-electron chi connectivity index (χ0n) is 45.8. The summed E-state index contributed by atoms with van der Waals surface area (Å²) in [5.74, 6) is 0.372. The number of halogens is 2. The molecule has 0 spiro atoms. The second kappa shape index (κ2) is 31.5. The molecule has 3 aromatic carbocycles. The Bertz CT molecular complexity index is 2810. The third kappa shape index (κ3) is 18.7. The van der Waals surface area contributed by atoms with Gasteiger partial charge in [0, 0.05) is 82.3 Å². The summed E-state index contributed by atoms with van der Waals surface area (Å²) in [4.78, 5) is 31.7. The highest BCUT2D eigenvalue weighted by atomic mass is 35.5. The van der Waals surface area contributed by atoms with Crippen molar-refractivity contribution in [1.82, 2.24) is 29.0 Å². The molecule has 2 amide bonds. The fourth-order valence-corrected chi connectivity index (χ4v) is 17.0. The van der Waals surface area contributed by atoms with E-state index in [2.05, 4.69) is 58.5 Å². The van der Waals surface area contributed by atoms with Crippen molar-refractivity contribution in [3.63, 3.8) is 0 Å². The van der Waals surface area contributed by atoms with E-state index in [1.165, 1.54) is 118 Å². The normalized spacial score (nSPS) is 16.5. The molecule has 0 radical (unpaired) electrons. The molecule has 3 fully saturated rings. The minimum Gasteiger partial charge on any atom is -0.347 e. The summed E-state index contributed by atoms with van der Waals surface area (Å²) >= 11 is 14.3. The minimum atomic E-state index is -3.56. The molecule has 2 aliphatic heterocycles. The van der Waals surface area contributed by atoms with Crippen LogP contribution in [-0.4, -0.2) is 105 Å². The third-order valence-corrected chi connectivity index (χ3v) is 22.9. The smallest absolute Gasteiger partial charge is 0.252 e. The average Bonchev–Trinajstić information content (AvgIpc) is 4.19. The number of sulfonamides is 2. The van der Waals surface area contributed by atoms with Crippen LogP contribution in [0.4, 0.5) is 0 Å². The number of benzene rings is 3. The Balaban J connectivity index is 0.000000226. The van der Waals surface area contributed by atoms with Gasteiger partial charge in [-0.1, -0.05) is 125 Å². The molecule has 2 saturated heterocycles. The van der Waals surface area contributed by atoms with Gasteiger partial charge in [-0.25, -0.2) is 16.8 Å². The van der Waals surface area contributed by atoms with E-state index < -0.39 is 20.0 Å². The standard InChI is InChI=1S/C30H44ClN3O3S2.C30H38ClN3O3S2/c2*1-2-3-4-8-19-33(23-24-9-6-5-7-10-24)27-17-20-34(21-18-27)39(36,37)29-16-15-28(38-29)22-32-30(35)25-11-13-26(31)14-12-25/h11-16,24,27H,2-10,17-23H2,1H3,(H,32,35);5-7,9-16,27H,2-4,8,17-23H2,1H3,(H,32,35). The van der Waals surface area contributed by atoms with Crippen molar-refractivity contribution in [3.8, 4) is 0 Å². The van der Waals surface area contributed by atoms with Crippen LogP contribution in [0.3, 0.4) is 0 Å². The highest BCUT2D eigenvalue weighted by Gasteiger charge is 2.35. The van der Waals surface area contributed by atoms with Gasteiger partial charge in [0.1, 0.15) is 8.42 Å². The van der Waals surface area contributed by atoms with Gasteiger partial charge in [-0.2, -0.15) is 8.61 Å². The molecule has 3 aliphatic rings. The van der Waals surface area contributed by atoms with Gasteiger partial charge < -0.3 is 15.5 Å². The number of rotatable bonds is 26. The van der Waals surface area contributed by atoms with Crippen molar-refractivity contribution < 1.29 is 26.4 Å². The first-order valence-electron chi connectivity index (χ1n) is 28.5. The monoisotopic (exact) mass is 1180 g/mol. The zero-order chi connectivity index (χ0) is 55.3. The molecule has 426 valence electrons. The number of amides is 2. The maximum absolute atomic E-state index is 13.5. The largest absolute Gasteiger partial charge is 0.347 e. The number of carbonyl (C=O) groups is 2. The van der Waals surface area contributed by atoms with Gasteiger partial charge in [0.2, 0.25) is 0 Å². The summed E-state index contributed by atoms with van der Waals surface area (Å²) in [6.07, 6.45) is 20.2. The fourth-order valence-electron chi connectivity index (χ4n) is 10.9.